The SMILES string of the molecule is CC(C)C(C)(C)Cn1cc(N)ccc1=O. The minimum atomic E-state index is 0.0120. The Balaban J connectivity index is 2.99. The van der Waals surface area contributed by atoms with Crippen LogP contribution in [0.3, 0.4) is 0 Å². The molecule has 1 aromatic rings. The van der Waals surface area contributed by atoms with Gasteiger partial charge < -0.3 is 10.3 Å². The fourth-order valence-electron chi connectivity index (χ4n) is 1.30. The summed E-state index contributed by atoms with van der Waals surface area (Å²) in [6, 6.07) is 3.16. The molecule has 0 unspecified atom stereocenters. The van der Waals surface area contributed by atoms with Gasteiger partial charge in [0.1, 0.15) is 0 Å². The maximum Gasteiger partial charge on any atom is 0.250 e. The average Bonchev–Trinajstić information content (AvgIpc) is 2.10. The van der Waals surface area contributed by atoms with Crippen molar-refractivity contribution in [1.29, 1.82) is 0 Å². The molecule has 2 N–H and O–H groups in total. The van der Waals surface area contributed by atoms with E-state index in [1.807, 2.05) is 0 Å². The van der Waals surface area contributed by atoms with Crippen LogP contribution in [0.4, 0.5) is 5.69 Å². The molecule has 0 aliphatic heterocycles. The van der Waals surface area contributed by atoms with Crippen LogP contribution in [0.5, 0.6) is 0 Å². The van der Waals surface area contributed by atoms with Gasteiger partial charge in [0.05, 0.1) is 0 Å². The summed E-state index contributed by atoms with van der Waals surface area (Å²) in [6.45, 7) is 9.35. The molecular formula is C12H20N2O. The highest BCUT2D eigenvalue weighted by atomic mass is 16.1. The predicted molar refractivity (Wildman–Crippen MR) is 63.7 cm³/mol. The number of pyridine rings is 1. The minimum Gasteiger partial charge on any atom is -0.398 e. The maximum absolute atomic E-state index is 11.6. The molecule has 0 fully saturated rings. The van der Waals surface area contributed by atoms with E-state index in [1.54, 1.807) is 16.8 Å². The molecule has 0 saturated heterocycles. The minimum absolute atomic E-state index is 0.0120. The third-order valence-corrected chi connectivity index (χ3v) is 3.15. The summed E-state index contributed by atoms with van der Waals surface area (Å²) in [5.41, 5.74) is 6.40. The molecule has 84 valence electrons. The van der Waals surface area contributed by atoms with Crippen LogP contribution in [0, 0.1) is 11.3 Å². The summed E-state index contributed by atoms with van der Waals surface area (Å²) in [6.07, 6.45) is 1.71. The molecule has 0 bridgehead atoms. The van der Waals surface area contributed by atoms with E-state index >= 15 is 0 Å². The third-order valence-electron chi connectivity index (χ3n) is 3.15. The lowest BCUT2D eigenvalue weighted by Crippen LogP contribution is -2.31. The van der Waals surface area contributed by atoms with Crippen LogP contribution >= 0.6 is 0 Å². The highest BCUT2D eigenvalue weighted by Crippen LogP contribution is 2.27. The van der Waals surface area contributed by atoms with Crippen molar-refractivity contribution in [2.45, 2.75) is 34.2 Å². The van der Waals surface area contributed by atoms with Crippen molar-refractivity contribution in [2.24, 2.45) is 11.3 Å². The summed E-state index contributed by atoms with van der Waals surface area (Å²) in [7, 11) is 0. The van der Waals surface area contributed by atoms with E-state index in [4.69, 9.17) is 5.73 Å². The molecule has 1 rings (SSSR count). The lowest BCUT2D eigenvalue weighted by atomic mass is 9.81. The molecule has 0 aliphatic rings. The highest BCUT2D eigenvalue weighted by molar-refractivity contribution is 5.33. The van der Waals surface area contributed by atoms with E-state index in [-0.39, 0.29) is 11.0 Å². The standard InChI is InChI=1S/C12H20N2O/c1-9(2)12(3,4)8-14-7-10(13)5-6-11(14)15/h5-7,9H,8,13H2,1-4H3. The molecule has 15 heavy (non-hydrogen) atoms. The van der Waals surface area contributed by atoms with E-state index in [0.717, 1.165) is 0 Å². The molecule has 1 heterocycles. The molecule has 3 heteroatoms. The number of nitrogens with two attached hydrogens (primary N) is 1. The van der Waals surface area contributed by atoms with Crippen LogP contribution in [0.2, 0.25) is 0 Å². The first-order valence-corrected chi connectivity index (χ1v) is 5.29. The Morgan fingerprint density at radius 1 is 1.40 bits per heavy atom. The Labute approximate surface area is 90.9 Å². The largest absolute Gasteiger partial charge is 0.398 e. The van der Waals surface area contributed by atoms with Gasteiger partial charge in [-0.2, -0.15) is 0 Å². The second-order valence-corrected chi connectivity index (χ2v) is 5.07. The predicted octanol–water partition coefficient (Wildman–Crippen LogP) is 2.11. The van der Waals surface area contributed by atoms with Crippen molar-refractivity contribution in [3.05, 3.63) is 28.7 Å². The van der Waals surface area contributed by atoms with Gasteiger partial charge in [-0.25, -0.2) is 0 Å². The van der Waals surface area contributed by atoms with Gasteiger partial charge in [0.2, 0.25) is 0 Å². The van der Waals surface area contributed by atoms with E-state index in [9.17, 15) is 4.79 Å². The Morgan fingerprint density at radius 3 is 2.53 bits per heavy atom. The van der Waals surface area contributed by atoms with E-state index in [0.29, 0.717) is 18.2 Å². The molecular weight excluding hydrogens is 188 g/mol. The number of hydrogen-bond acceptors (Lipinski definition) is 2. The average molecular weight is 208 g/mol. The van der Waals surface area contributed by atoms with Gasteiger partial charge in [-0.1, -0.05) is 27.7 Å². The molecule has 0 spiro atoms. The second-order valence-electron chi connectivity index (χ2n) is 5.07. The zero-order valence-corrected chi connectivity index (χ0v) is 9.95. The van der Waals surface area contributed by atoms with E-state index < -0.39 is 0 Å². The highest BCUT2D eigenvalue weighted by Gasteiger charge is 2.23. The van der Waals surface area contributed by atoms with Gasteiger partial charge in [0.15, 0.2) is 0 Å². The summed E-state index contributed by atoms with van der Waals surface area (Å²) < 4.78 is 1.69. The normalized spacial score (nSPS) is 12.1. The Bertz CT molecular complexity index is 391. The lowest BCUT2D eigenvalue weighted by Gasteiger charge is -2.29. The van der Waals surface area contributed by atoms with Crippen LogP contribution in [-0.2, 0) is 6.54 Å². The fraction of sp³-hybridized carbons (Fsp3) is 0.583. The van der Waals surface area contributed by atoms with Crippen molar-refractivity contribution in [1.82, 2.24) is 4.57 Å². The molecule has 0 aromatic carbocycles. The van der Waals surface area contributed by atoms with E-state index in [2.05, 4.69) is 27.7 Å². The lowest BCUT2D eigenvalue weighted by molar-refractivity contribution is 0.207. The zero-order chi connectivity index (χ0) is 11.6. The van der Waals surface area contributed by atoms with Crippen LogP contribution < -0.4 is 11.3 Å². The first kappa shape index (κ1) is 11.8. The van der Waals surface area contributed by atoms with E-state index in [1.165, 1.54) is 6.07 Å². The topological polar surface area (TPSA) is 48.0 Å². The number of nitrogen functional groups attached to an aromatic ring is 1. The summed E-state index contributed by atoms with van der Waals surface area (Å²) >= 11 is 0. The number of nitrogens with zero attached hydrogens (tertiary/aromatic N) is 1. The summed E-state index contributed by atoms with van der Waals surface area (Å²) in [5.74, 6) is 0.519. The monoisotopic (exact) mass is 208 g/mol. The van der Waals surface area contributed by atoms with Crippen molar-refractivity contribution in [3.63, 3.8) is 0 Å². The molecule has 3 nitrogen and oxygen atoms in total. The number of hydrogen-bond donors (Lipinski definition) is 1. The summed E-state index contributed by atoms with van der Waals surface area (Å²) in [4.78, 5) is 11.6. The third kappa shape index (κ3) is 2.85. The number of rotatable bonds is 3. The molecule has 0 aliphatic carbocycles. The number of anilines is 1. The van der Waals surface area contributed by atoms with Crippen LogP contribution in [0.15, 0.2) is 23.1 Å². The van der Waals surface area contributed by atoms with Crippen molar-refractivity contribution in [2.75, 3.05) is 5.73 Å². The quantitative estimate of drug-likeness (QED) is 0.827. The van der Waals surface area contributed by atoms with Crippen LogP contribution in [-0.4, -0.2) is 4.57 Å². The van der Waals surface area contributed by atoms with Gasteiger partial charge in [-0.15, -0.1) is 0 Å². The molecule has 0 amide bonds. The Morgan fingerprint density at radius 2 is 2.00 bits per heavy atom. The Hall–Kier alpha value is -1.25. The van der Waals surface area contributed by atoms with Crippen molar-refractivity contribution in [3.8, 4) is 0 Å². The number of aromatic nitrogens is 1. The van der Waals surface area contributed by atoms with Crippen LogP contribution in [0.1, 0.15) is 27.7 Å². The van der Waals surface area contributed by atoms with Gasteiger partial charge in [0.25, 0.3) is 5.56 Å². The molecule has 0 atom stereocenters. The first-order chi connectivity index (χ1) is 6.83. The van der Waals surface area contributed by atoms with Gasteiger partial charge in [-0.05, 0) is 17.4 Å². The maximum atomic E-state index is 11.6. The summed E-state index contributed by atoms with van der Waals surface area (Å²) in [5, 5.41) is 0. The van der Waals surface area contributed by atoms with Crippen LogP contribution in [0.25, 0.3) is 0 Å². The van der Waals surface area contributed by atoms with Crippen molar-refractivity contribution >= 4 is 5.69 Å². The Kier molecular flexibility index (Phi) is 3.22. The smallest absolute Gasteiger partial charge is 0.250 e. The van der Waals surface area contributed by atoms with Crippen molar-refractivity contribution < 1.29 is 0 Å². The zero-order valence-electron chi connectivity index (χ0n) is 9.95. The van der Waals surface area contributed by atoms with Gasteiger partial charge in [-0.3, -0.25) is 4.79 Å². The fourth-order valence-corrected chi connectivity index (χ4v) is 1.30. The molecule has 1 aromatic heterocycles. The van der Waals surface area contributed by atoms with Gasteiger partial charge >= 0.3 is 0 Å². The molecule has 0 radical (unpaired) electrons. The first-order valence-electron chi connectivity index (χ1n) is 5.29. The second kappa shape index (κ2) is 4.09. The molecule has 0 saturated carbocycles. The van der Waals surface area contributed by atoms with Gasteiger partial charge in [0, 0.05) is 24.5 Å².